The zero-order valence-electron chi connectivity index (χ0n) is 10.00. The van der Waals surface area contributed by atoms with Crippen LogP contribution in [-0.2, 0) is 16.4 Å². The van der Waals surface area contributed by atoms with E-state index < -0.39 is 10.0 Å². The number of H-pyrrole nitrogens is 1. The summed E-state index contributed by atoms with van der Waals surface area (Å²) in [5, 5.41) is 14.8. The maximum absolute atomic E-state index is 11.9. The molecule has 0 spiro atoms. The first-order chi connectivity index (χ1) is 9.11. The molecule has 0 radical (unpaired) electrons. The number of nitriles is 1. The van der Waals surface area contributed by atoms with Gasteiger partial charge in [0.25, 0.3) is 0 Å². The second kappa shape index (κ2) is 5.54. The smallest absolute Gasteiger partial charge is 0.234 e. The number of aryl methyl sites for hydroxylation is 1. The predicted octanol–water partition coefficient (Wildman–Crippen LogP) is 1.27. The summed E-state index contributed by atoms with van der Waals surface area (Å²) in [6.07, 6.45) is 1.68. The van der Waals surface area contributed by atoms with Crippen LogP contribution in [0, 0.1) is 11.3 Å². The molecule has 0 aliphatic heterocycles. The van der Waals surface area contributed by atoms with Crippen molar-refractivity contribution in [2.75, 3.05) is 10.5 Å². The summed E-state index contributed by atoms with van der Waals surface area (Å²) in [4.78, 5) is 0. The van der Waals surface area contributed by atoms with Gasteiger partial charge in [-0.15, -0.1) is 0 Å². The molecule has 0 bridgehead atoms. The molecule has 1 aromatic carbocycles. The lowest BCUT2D eigenvalue weighted by Crippen LogP contribution is -2.19. The monoisotopic (exact) mass is 276 g/mol. The number of aromatic nitrogens is 2. The van der Waals surface area contributed by atoms with Crippen molar-refractivity contribution in [1.29, 1.82) is 5.26 Å². The number of anilines is 1. The summed E-state index contributed by atoms with van der Waals surface area (Å²) in [7, 11) is -3.51. The first-order valence-corrected chi connectivity index (χ1v) is 7.24. The average Bonchev–Trinajstić information content (AvgIpc) is 2.84. The molecule has 0 fully saturated rings. The Kier molecular flexibility index (Phi) is 3.82. The molecule has 0 saturated heterocycles. The number of sulfonamides is 1. The standard InChI is InChI=1S/C12H12N4O2S/c13-8-11-9-14-15-12(11)16-19(17,18)7-6-10-4-2-1-3-5-10/h1-5,9H,6-7H2,(H2,14,15,16). The van der Waals surface area contributed by atoms with Gasteiger partial charge >= 0.3 is 0 Å². The molecular formula is C12H12N4O2S. The Morgan fingerprint density at radius 2 is 2.05 bits per heavy atom. The lowest BCUT2D eigenvalue weighted by molar-refractivity contribution is 0.600. The SMILES string of the molecule is N#Cc1cn[nH]c1NS(=O)(=O)CCc1ccccc1. The maximum atomic E-state index is 11.9. The zero-order valence-corrected chi connectivity index (χ0v) is 10.8. The zero-order chi connectivity index (χ0) is 13.7. The van der Waals surface area contributed by atoms with Gasteiger partial charge in [0.15, 0.2) is 5.82 Å². The molecule has 6 nitrogen and oxygen atoms in total. The number of rotatable bonds is 5. The van der Waals surface area contributed by atoms with Gasteiger partial charge in [0, 0.05) is 0 Å². The molecule has 0 aliphatic carbocycles. The first-order valence-electron chi connectivity index (χ1n) is 5.58. The number of hydrogen-bond donors (Lipinski definition) is 2. The van der Waals surface area contributed by atoms with Crippen molar-refractivity contribution in [1.82, 2.24) is 10.2 Å². The van der Waals surface area contributed by atoms with Crippen molar-refractivity contribution in [3.05, 3.63) is 47.7 Å². The number of aromatic amines is 1. The van der Waals surface area contributed by atoms with Gasteiger partial charge in [-0.3, -0.25) is 9.82 Å². The van der Waals surface area contributed by atoms with E-state index in [4.69, 9.17) is 5.26 Å². The van der Waals surface area contributed by atoms with Gasteiger partial charge < -0.3 is 0 Å². The second-order valence-electron chi connectivity index (χ2n) is 3.93. The third-order valence-corrected chi connectivity index (χ3v) is 3.78. The molecule has 1 heterocycles. The summed E-state index contributed by atoms with van der Waals surface area (Å²) in [6.45, 7) is 0. The molecule has 0 unspecified atom stereocenters. The van der Waals surface area contributed by atoms with Crippen LogP contribution in [0.25, 0.3) is 0 Å². The van der Waals surface area contributed by atoms with Gasteiger partial charge in [0.05, 0.1) is 11.9 Å². The van der Waals surface area contributed by atoms with Crippen LogP contribution in [0.4, 0.5) is 5.82 Å². The average molecular weight is 276 g/mol. The van der Waals surface area contributed by atoms with Crippen molar-refractivity contribution in [3.63, 3.8) is 0 Å². The molecule has 0 saturated carbocycles. The van der Waals surface area contributed by atoms with E-state index in [0.29, 0.717) is 6.42 Å². The van der Waals surface area contributed by atoms with Crippen LogP contribution in [0.15, 0.2) is 36.5 Å². The number of hydrogen-bond acceptors (Lipinski definition) is 4. The van der Waals surface area contributed by atoms with Crippen molar-refractivity contribution in [2.45, 2.75) is 6.42 Å². The largest absolute Gasteiger partial charge is 0.267 e. The van der Waals surface area contributed by atoms with Crippen LogP contribution in [0.5, 0.6) is 0 Å². The Hall–Kier alpha value is -2.33. The van der Waals surface area contributed by atoms with Crippen LogP contribution < -0.4 is 4.72 Å². The molecule has 0 aliphatic rings. The Bertz CT molecular complexity index is 686. The van der Waals surface area contributed by atoms with E-state index in [9.17, 15) is 8.42 Å². The van der Waals surface area contributed by atoms with Gasteiger partial charge in [-0.1, -0.05) is 30.3 Å². The van der Waals surface area contributed by atoms with E-state index in [1.165, 1.54) is 6.20 Å². The highest BCUT2D eigenvalue weighted by atomic mass is 32.2. The van der Waals surface area contributed by atoms with Crippen LogP contribution in [-0.4, -0.2) is 24.4 Å². The number of nitrogens with one attached hydrogen (secondary N) is 2. The van der Waals surface area contributed by atoms with Gasteiger partial charge in [-0.25, -0.2) is 8.42 Å². The van der Waals surface area contributed by atoms with E-state index in [2.05, 4.69) is 14.9 Å². The molecule has 98 valence electrons. The molecule has 0 atom stereocenters. The molecule has 19 heavy (non-hydrogen) atoms. The van der Waals surface area contributed by atoms with Gasteiger partial charge in [-0.2, -0.15) is 10.4 Å². The molecule has 0 amide bonds. The van der Waals surface area contributed by atoms with Gasteiger partial charge in [0.1, 0.15) is 11.6 Å². The van der Waals surface area contributed by atoms with Crippen molar-refractivity contribution < 1.29 is 8.42 Å². The summed E-state index contributed by atoms with van der Waals surface area (Å²) < 4.78 is 26.1. The highest BCUT2D eigenvalue weighted by molar-refractivity contribution is 7.92. The fourth-order valence-electron chi connectivity index (χ4n) is 1.55. The van der Waals surface area contributed by atoms with E-state index in [1.54, 1.807) is 0 Å². The Morgan fingerprint density at radius 1 is 1.32 bits per heavy atom. The van der Waals surface area contributed by atoms with Crippen molar-refractivity contribution >= 4 is 15.8 Å². The third-order valence-electron chi connectivity index (χ3n) is 2.52. The molecular weight excluding hydrogens is 264 g/mol. The van der Waals surface area contributed by atoms with Crippen molar-refractivity contribution in [2.24, 2.45) is 0 Å². The number of benzene rings is 1. The third kappa shape index (κ3) is 3.56. The normalized spacial score (nSPS) is 10.9. The lowest BCUT2D eigenvalue weighted by Gasteiger charge is -2.06. The maximum Gasteiger partial charge on any atom is 0.234 e. The van der Waals surface area contributed by atoms with Gasteiger partial charge in [-0.05, 0) is 12.0 Å². The summed E-state index contributed by atoms with van der Waals surface area (Å²) in [6, 6.07) is 11.2. The fraction of sp³-hybridized carbons (Fsp3) is 0.167. The minimum atomic E-state index is -3.51. The minimum absolute atomic E-state index is 0.0547. The van der Waals surface area contributed by atoms with E-state index in [0.717, 1.165) is 5.56 Å². The van der Waals surface area contributed by atoms with Crippen LogP contribution >= 0.6 is 0 Å². The topological polar surface area (TPSA) is 98.6 Å². The summed E-state index contributed by atoms with van der Waals surface area (Å²) in [5.74, 6) is 0.0523. The van der Waals surface area contributed by atoms with Gasteiger partial charge in [0.2, 0.25) is 10.0 Å². The quantitative estimate of drug-likeness (QED) is 0.859. The highest BCUT2D eigenvalue weighted by Crippen LogP contribution is 2.12. The van der Waals surface area contributed by atoms with Crippen molar-refractivity contribution in [3.8, 4) is 6.07 Å². The molecule has 1 aromatic heterocycles. The molecule has 2 rings (SSSR count). The number of nitrogens with zero attached hydrogens (tertiary/aromatic N) is 2. The Balaban J connectivity index is 2.02. The first kappa shape index (κ1) is 13.1. The molecule has 7 heteroatoms. The Labute approximate surface area is 111 Å². The fourth-order valence-corrected chi connectivity index (χ4v) is 2.63. The van der Waals surface area contributed by atoms with E-state index >= 15 is 0 Å². The Morgan fingerprint density at radius 3 is 2.74 bits per heavy atom. The molecule has 2 aromatic rings. The minimum Gasteiger partial charge on any atom is -0.267 e. The highest BCUT2D eigenvalue weighted by Gasteiger charge is 2.14. The summed E-state index contributed by atoms with van der Waals surface area (Å²) >= 11 is 0. The molecule has 2 N–H and O–H groups in total. The van der Waals surface area contributed by atoms with E-state index in [-0.39, 0.29) is 17.1 Å². The van der Waals surface area contributed by atoms with Crippen LogP contribution in [0.1, 0.15) is 11.1 Å². The summed E-state index contributed by atoms with van der Waals surface area (Å²) in [5.41, 5.74) is 1.11. The van der Waals surface area contributed by atoms with Crippen LogP contribution in [0.2, 0.25) is 0 Å². The van der Waals surface area contributed by atoms with E-state index in [1.807, 2.05) is 36.4 Å². The predicted molar refractivity (Wildman–Crippen MR) is 70.9 cm³/mol. The second-order valence-corrected chi connectivity index (χ2v) is 5.77. The van der Waals surface area contributed by atoms with Crippen LogP contribution in [0.3, 0.4) is 0 Å². The lowest BCUT2D eigenvalue weighted by atomic mass is 10.2.